The molecule has 6 N–H and O–H groups in total. The van der Waals surface area contributed by atoms with Gasteiger partial charge in [0.2, 0.25) is 5.95 Å². The van der Waals surface area contributed by atoms with E-state index in [1.807, 2.05) is 0 Å². The van der Waals surface area contributed by atoms with Crippen molar-refractivity contribution >= 4 is 24.9 Å². The molecule has 1 fully saturated rings. The van der Waals surface area contributed by atoms with E-state index >= 15 is 0 Å². The van der Waals surface area contributed by atoms with Gasteiger partial charge in [-0.3, -0.25) is 18.9 Å². The summed E-state index contributed by atoms with van der Waals surface area (Å²) in [5.41, 5.74) is 2.91. The van der Waals surface area contributed by atoms with E-state index in [9.17, 15) is 24.5 Å². The van der Waals surface area contributed by atoms with E-state index in [0.717, 1.165) is 6.33 Å². The molecule has 2 aromatic heterocycles. The molecule has 0 aliphatic carbocycles. The highest BCUT2D eigenvalue weighted by molar-refractivity contribution is 7.44. The minimum atomic E-state index is -5.03. The van der Waals surface area contributed by atoms with Crippen molar-refractivity contribution in [1.82, 2.24) is 19.5 Å². The van der Waals surface area contributed by atoms with Crippen LogP contribution in [0.1, 0.15) is 13.2 Å². The molecular formula is C11H15N5O8P-. The Balaban J connectivity index is 1.97. The molecule has 1 aliphatic rings. The number of imidazole rings is 1. The van der Waals surface area contributed by atoms with Crippen molar-refractivity contribution in [3.63, 3.8) is 0 Å². The lowest BCUT2D eigenvalue weighted by molar-refractivity contribution is -0.222. The van der Waals surface area contributed by atoms with Crippen molar-refractivity contribution in [3.05, 3.63) is 16.7 Å². The number of aliphatic hydroxyl groups excluding tert-OH is 1. The zero-order valence-corrected chi connectivity index (χ0v) is 13.7. The Labute approximate surface area is 139 Å². The molecule has 0 spiro atoms. The van der Waals surface area contributed by atoms with Gasteiger partial charge in [0.1, 0.15) is 17.8 Å². The van der Waals surface area contributed by atoms with E-state index in [-0.39, 0.29) is 17.1 Å². The number of fused-ring (bicyclic) bond motifs is 1. The van der Waals surface area contributed by atoms with Gasteiger partial charge in [-0.2, -0.15) is 4.98 Å². The summed E-state index contributed by atoms with van der Waals surface area (Å²) in [5, 5.41) is 20.7. The first kappa shape index (κ1) is 17.9. The maximum Gasteiger partial charge on any atom is 0.280 e. The zero-order valence-electron chi connectivity index (χ0n) is 12.8. The molecule has 0 bridgehead atoms. The van der Waals surface area contributed by atoms with Gasteiger partial charge in [-0.1, -0.05) is 0 Å². The highest BCUT2D eigenvalue weighted by Gasteiger charge is 2.53. The van der Waals surface area contributed by atoms with Gasteiger partial charge in [-0.05, 0) is 6.92 Å². The number of phosphoric acid groups is 1. The molecule has 3 rings (SSSR count). The zero-order chi connectivity index (χ0) is 18.6. The Morgan fingerprint density at radius 2 is 2.32 bits per heavy atom. The van der Waals surface area contributed by atoms with Crippen molar-refractivity contribution in [3.8, 4) is 0 Å². The molecule has 1 aliphatic heterocycles. The third kappa shape index (κ3) is 3.18. The van der Waals surface area contributed by atoms with E-state index in [4.69, 9.17) is 15.4 Å². The fourth-order valence-corrected chi connectivity index (χ4v) is 3.00. The number of rotatable bonds is 4. The Kier molecular flexibility index (Phi) is 4.20. The van der Waals surface area contributed by atoms with Crippen molar-refractivity contribution in [2.75, 3.05) is 12.3 Å². The first-order chi connectivity index (χ1) is 11.5. The summed E-state index contributed by atoms with van der Waals surface area (Å²) in [6.07, 6.45) is -2.97. The average Bonchev–Trinajstić information content (AvgIpc) is 2.97. The van der Waals surface area contributed by atoms with Crippen LogP contribution in [-0.2, 0) is 13.8 Å². The van der Waals surface area contributed by atoms with Crippen LogP contribution in [0.5, 0.6) is 0 Å². The van der Waals surface area contributed by atoms with Gasteiger partial charge in [0.25, 0.3) is 13.4 Å². The minimum Gasteiger partial charge on any atom is -0.756 e. The molecule has 2 unspecified atom stereocenters. The largest absolute Gasteiger partial charge is 0.756 e. The third-order valence-corrected chi connectivity index (χ3v) is 4.34. The number of anilines is 1. The van der Waals surface area contributed by atoms with Crippen molar-refractivity contribution in [1.29, 1.82) is 0 Å². The van der Waals surface area contributed by atoms with Crippen molar-refractivity contribution < 1.29 is 33.8 Å². The van der Waals surface area contributed by atoms with Crippen LogP contribution in [0, 0.1) is 0 Å². The minimum absolute atomic E-state index is 0.00283. The van der Waals surface area contributed by atoms with Gasteiger partial charge < -0.3 is 35.0 Å². The Morgan fingerprint density at radius 1 is 1.64 bits per heavy atom. The maximum atomic E-state index is 11.8. The topological polar surface area (TPSA) is 209 Å². The second-order valence-corrected chi connectivity index (χ2v) is 6.93. The Bertz CT molecular complexity index is 903. The molecule has 3 heterocycles. The predicted octanol–water partition coefficient (Wildman–Crippen LogP) is -2.81. The summed E-state index contributed by atoms with van der Waals surface area (Å²) >= 11 is 0. The summed E-state index contributed by atoms with van der Waals surface area (Å²) in [7, 11) is -5.03. The van der Waals surface area contributed by atoms with Gasteiger partial charge in [0, 0.05) is 0 Å². The number of phosphoric ester groups is 1. The third-order valence-electron chi connectivity index (χ3n) is 3.86. The Hall–Kier alpha value is -1.86. The monoisotopic (exact) mass is 376 g/mol. The number of hydrogen-bond acceptors (Lipinski definition) is 10. The van der Waals surface area contributed by atoms with Crippen molar-refractivity contribution in [2.45, 2.75) is 31.0 Å². The quantitative estimate of drug-likeness (QED) is 0.344. The van der Waals surface area contributed by atoms with Crippen LogP contribution >= 0.6 is 7.82 Å². The first-order valence-corrected chi connectivity index (χ1v) is 8.47. The number of H-pyrrole nitrogens is 1. The van der Waals surface area contributed by atoms with Crippen LogP contribution in [-0.4, -0.2) is 59.0 Å². The van der Waals surface area contributed by atoms with Gasteiger partial charge in [-0.25, -0.2) is 4.98 Å². The molecular weight excluding hydrogens is 361 g/mol. The highest BCUT2D eigenvalue weighted by Crippen LogP contribution is 2.41. The Morgan fingerprint density at radius 3 is 2.96 bits per heavy atom. The van der Waals surface area contributed by atoms with E-state index in [0.29, 0.717) is 0 Å². The fourth-order valence-electron chi connectivity index (χ4n) is 2.66. The van der Waals surface area contributed by atoms with Crippen LogP contribution in [0.15, 0.2) is 11.1 Å². The van der Waals surface area contributed by atoms with Gasteiger partial charge in [0.05, 0.1) is 12.9 Å². The number of aromatic amines is 1. The van der Waals surface area contributed by atoms with Crippen LogP contribution < -0.4 is 16.2 Å². The molecule has 0 amide bonds. The molecule has 0 aromatic carbocycles. The van der Waals surface area contributed by atoms with Gasteiger partial charge in [-0.15, -0.1) is 0 Å². The standard InChI is InChI=1S/C11H16N5O8P/c1-11(19)6(17)4(2-23-25(20,21)22)24-9(11)16-3-13-5-7(16)14-10(12)15-8(5)18/h3-4,6,9,17,19H,2H2,1H3,(H2,20,21,22)(H3,12,14,15,18)/p-1/t4-,6?,9-,11+/m1/s1. The lowest BCUT2D eigenvalue weighted by Crippen LogP contribution is -2.44. The normalized spacial score (nSPS) is 32.1. The van der Waals surface area contributed by atoms with Crippen LogP contribution in [0.4, 0.5) is 5.95 Å². The molecule has 1 saturated heterocycles. The fraction of sp³-hybridized carbons (Fsp3) is 0.545. The summed E-state index contributed by atoms with van der Waals surface area (Å²) in [6, 6.07) is 0. The van der Waals surface area contributed by atoms with E-state index < -0.39 is 44.0 Å². The number of nitrogens with one attached hydrogen (secondary N) is 1. The second kappa shape index (κ2) is 5.85. The molecule has 25 heavy (non-hydrogen) atoms. The van der Waals surface area contributed by atoms with Crippen LogP contribution in [0.25, 0.3) is 11.2 Å². The second-order valence-electron chi connectivity index (χ2n) is 5.74. The highest BCUT2D eigenvalue weighted by atomic mass is 31.2. The van der Waals surface area contributed by atoms with Gasteiger partial charge in [0.15, 0.2) is 17.4 Å². The van der Waals surface area contributed by atoms with Crippen LogP contribution in [0.2, 0.25) is 0 Å². The number of aromatic nitrogens is 4. The SMILES string of the molecule is C[C@]1(O)C(O)[C@@H](COP(=O)([O-])O)O[C@H]1n1cnc2c(=O)[nH]c(N)nc21. The predicted molar refractivity (Wildman–Crippen MR) is 78.9 cm³/mol. The van der Waals surface area contributed by atoms with Crippen LogP contribution in [0.3, 0.4) is 0 Å². The molecule has 2 aromatic rings. The lowest BCUT2D eigenvalue weighted by atomic mass is 9.96. The molecule has 138 valence electrons. The number of hydrogen-bond donors (Lipinski definition) is 5. The lowest BCUT2D eigenvalue weighted by Gasteiger charge is -2.27. The molecule has 0 saturated carbocycles. The summed E-state index contributed by atoms with van der Waals surface area (Å²) in [5.74, 6) is -0.190. The summed E-state index contributed by atoms with van der Waals surface area (Å²) in [6.45, 7) is 0.508. The summed E-state index contributed by atoms with van der Waals surface area (Å²) in [4.78, 5) is 41.2. The number of nitrogens with two attached hydrogens (primary N) is 1. The molecule has 0 radical (unpaired) electrons. The van der Waals surface area contributed by atoms with E-state index in [1.165, 1.54) is 11.5 Å². The molecule has 14 heteroatoms. The smallest absolute Gasteiger partial charge is 0.280 e. The summed E-state index contributed by atoms with van der Waals surface area (Å²) < 4.78 is 21.5. The number of nitrogen functional groups attached to an aromatic ring is 1. The van der Waals surface area contributed by atoms with E-state index in [2.05, 4.69) is 19.5 Å². The number of nitrogens with zero attached hydrogens (tertiary/aromatic N) is 3. The molecule has 13 nitrogen and oxygen atoms in total. The van der Waals surface area contributed by atoms with Crippen molar-refractivity contribution in [2.24, 2.45) is 0 Å². The maximum absolute atomic E-state index is 11.8. The number of aliphatic hydroxyl groups is 2. The van der Waals surface area contributed by atoms with E-state index in [1.54, 1.807) is 0 Å². The average molecular weight is 376 g/mol. The number of ether oxygens (including phenoxy) is 1. The van der Waals surface area contributed by atoms with Gasteiger partial charge >= 0.3 is 0 Å². The molecule has 5 atom stereocenters. The first-order valence-electron chi connectivity index (χ1n) is 6.97.